The van der Waals surface area contributed by atoms with Crippen molar-refractivity contribution in [1.82, 2.24) is 15.1 Å². The van der Waals surface area contributed by atoms with Crippen molar-refractivity contribution in [3.8, 4) is 0 Å². The number of carbonyl (C=O) groups excluding carboxylic acids is 1. The molecule has 1 aliphatic heterocycles. The van der Waals surface area contributed by atoms with E-state index in [1.54, 1.807) is 0 Å². The van der Waals surface area contributed by atoms with Crippen LogP contribution in [0.4, 0.5) is 0 Å². The number of Topliss-reactive ketones (excluding diaryl/α,β-unsaturated/α-hetero) is 1. The van der Waals surface area contributed by atoms with Crippen molar-refractivity contribution in [2.24, 2.45) is 5.41 Å². The summed E-state index contributed by atoms with van der Waals surface area (Å²) in [5.74, 6) is 0.303. The summed E-state index contributed by atoms with van der Waals surface area (Å²) in [7, 11) is 0. The Labute approximate surface area is 114 Å². The molecule has 1 spiro atoms. The Morgan fingerprint density at radius 3 is 2.58 bits per heavy atom. The summed E-state index contributed by atoms with van der Waals surface area (Å²) in [4.78, 5) is 12.6. The van der Waals surface area contributed by atoms with E-state index < -0.39 is 0 Å². The average Bonchev–Trinajstić information content (AvgIpc) is 2.68. The first-order valence-corrected chi connectivity index (χ1v) is 7.34. The summed E-state index contributed by atoms with van der Waals surface area (Å²) in [5, 5.41) is 8.00. The van der Waals surface area contributed by atoms with E-state index in [9.17, 15) is 4.79 Å². The van der Waals surface area contributed by atoms with Crippen LogP contribution < -0.4 is 5.32 Å². The highest BCUT2D eigenvalue weighted by atomic mass is 16.1. The first-order chi connectivity index (χ1) is 9.02. The van der Waals surface area contributed by atoms with E-state index >= 15 is 0 Å². The Morgan fingerprint density at radius 1 is 1.26 bits per heavy atom. The van der Waals surface area contributed by atoms with Gasteiger partial charge in [0.25, 0.3) is 0 Å². The van der Waals surface area contributed by atoms with Gasteiger partial charge in [-0.3, -0.25) is 9.48 Å². The minimum atomic E-state index is 0.199. The minimum absolute atomic E-state index is 0.199. The van der Waals surface area contributed by atoms with Crippen molar-refractivity contribution in [3.05, 3.63) is 17.0 Å². The van der Waals surface area contributed by atoms with E-state index in [2.05, 4.69) is 24.3 Å². The number of hydrogen-bond acceptors (Lipinski definition) is 3. The summed E-state index contributed by atoms with van der Waals surface area (Å²) in [6, 6.07) is 0.258. The van der Waals surface area contributed by atoms with E-state index in [0.717, 1.165) is 43.7 Å². The largest absolute Gasteiger partial charge is 0.317 e. The molecule has 0 atom stereocenters. The lowest BCUT2D eigenvalue weighted by Crippen LogP contribution is -2.42. The van der Waals surface area contributed by atoms with Gasteiger partial charge in [-0.15, -0.1) is 0 Å². The van der Waals surface area contributed by atoms with E-state index in [0.29, 0.717) is 12.2 Å². The number of aromatic nitrogens is 2. The number of ketones is 1. The molecule has 4 heteroatoms. The average molecular weight is 261 g/mol. The summed E-state index contributed by atoms with van der Waals surface area (Å²) >= 11 is 0. The topological polar surface area (TPSA) is 46.9 Å². The van der Waals surface area contributed by atoms with Gasteiger partial charge in [0.1, 0.15) is 5.69 Å². The molecule has 1 aromatic rings. The van der Waals surface area contributed by atoms with E-state index in [1.165, 1.54) is 5.56 Å². The van der Waals surface area contributed by atoms with Gasteiger partial charge in [0.2, 0.25) is 0 Å². The van der Waals surface area contributed by atoms with Gasteiger partial charge in [-0.1, -0.05) is 0 Å². The zero-order valence-electron chi connectivity index (χ0n) is 12.1. The monoisotopic (exact) mass is 261 g/mol. The molecule has 0 amide bonds. The van der Waals surface area contributed by atoms with Crippen LogP contribution in [0.1, 0.15) is 60.9 Å². The maximum atomic E-state index is 12.6. The van der Waals surface area contributed by atoms with Gasteiger partial charge in [-0.05, 0) is 58.5 Å². The lowest BCUT2D eigenvalue weighted by atomic mass is 9.67. The number of carbonyl (C=O) groups is 1. The van der Waals surface area contributed by atoms with Crippen molar-refractivity contribution >= 4 is 5.78 Å². The number of aryl methyl sites for hydroxylation is 1. The Kier molecular flexibility index (Phi) is 3.01. The Morgan fingerprint density at radius 2 is 1.95 bits per heavy atom. The zero-order chi connectivity index (χ0) is 13.6. The lowest BCUT2D eigenvalue weighted by Gasteiger charge is -2.40. The van der Waals surface area contributed by atoms with Crippen molar-refractivity contribution < 1.29 is 4.79 Å². The van der Waals surface area contributed by atoms with Gasteiger partial charge in [-0.25, -0.2) is 0 Å². The van der Waals surface area contributed by atoms with Crippen LogP contribution in [0, 0.1) is 12.3 Å². The molecule has 19 heavy (non-hydrogen) atoms. The van der Waals surface area contributed by atoms with Crippen molar-refractivity contribution in [2.75, 3.05) is 13.1 Å². The highest BCUT2D eigenvalue weighted by Crippen LogP contribution is 2.43. The molecule has 3 rings (SSSR count). The fourth-order valence-electron chi connectivity index (χ4n) is 3.64. The quantitative estimate of drug-likeness (QED) is 0.843. The third-order valence-electron chi connectivity index (χ3n) is 4.71. The van der Waals surface area contributed by atoms with Gasteiger partial charge in [0.15, 0.2) is 5.78 Å². The Balaban J connectivity index is 2.03. The third-order valence-corrected chi connectivity index (χ3v) is 4.71. The smallest absolute Gasteiger partial charge is 0.181 e. The van der Waals surface area contributed by atoms with E-state index in [1.807, 2.05) is 11.6 Å². The molecule has 1 aliphatic carbocycles. The van der Waals surface area contributed by atoms with E-state index in [-0.39, 0.29) is 11.5 Å². The fourth-order valence-corrected chi connectivity index (χ4v) is 3.64. The molecule has 0 saturated carbocycles. The predicted molar refractivity (Wildman–Crippen MR) is 74.5 cm³/mol. The van der Waals surface area contributed by atoms with Crippen LogP contribution in [0.25, 0.3) is 0 Å². The minimum Gasteiger partial charge on any atom is -0.317 e. The zero-order valence-corrected chi connectivity index (χ0v) is 12.1. The second kappa shape index (κ2) is 4.44. The molecule has 2 heterocycles. The number of hydrogen-bond donors (Lipinski definition) is 1. The van der Waals surface area contributed by atoms with Crippen LogP contribution >= 0.6 is 0 Å². The van der Waals surface area contributed by atoms with Crippen LogP contribution in [0.15, 0.2) is 0 Å². The van der Waals surface area contributed by atoms with Gasteiger partial charge < -0.3 is 5.32 Å². The molecular weight excluding hydrogens is 238 g/mol. The van der Waals surface area contributed by atoms with E-state index in [4.69, 9.17) is 0 Å². The normalized spacial score (nSPS) is 22.0. The highest BCUT2D eigenvalue weighted by molar-refractivity contribution is 5.98. The number of piperidine rings is 1. The molecule has 0 radical (unpaired) electrons. The first kappa shape index (κ1) is 12.9. The van der Waals surface area contributed by atoms with Crippen molar-refractivity contribution in [2.45, 2.75) is 52.5 Å². The van der Waals surface area contributed by atoms with Gasteiger partial charge in [-0.2, -0.15) is 5.10 Å². The standard InChI is InChI=1S/C15H23N3O/c1-10(2)18-14-12(11(3)17-18)8-15(9-13(14)19)4-6-16-7-5-15/h10,16H,4-9H2,1-3H3. The van der Waals surface area contributed by atoms with Crippen LogP contribution in [0.5, 0.6) is 0 Å². The molecule has 1 aromatic heterocycles. The molecule has 1 N–H and O–H groups in total. The molecular formula is C15H23N3O. The summed E-state index contributed by atoms with van der Waals surface area (Å²) in [6.07, 6.45) is 3.97. The Bertz CT molecular complexity index is 510. The number of fused-ring (bicyclic) bond motifs is 1. The fraction of sp³-hybridized carbons (Fsp3) is 0.733. The summed E-state index contributed by atoms with van der Waals surface area (Å²) in [6.45, 7) is 8.31. The van der Waals surface area contributed by atoms with Crippen molar-refractivity contribution in [1.29, 1.82) is 0 Å². The predicted octanol–water partition coefficient (Wildman–Crippen LogP) is 2.27. The van der Waals surface area contributed by atoms with Gasteiger partial charge >= 0.3 is 0 Å². The van der Waals surface area contributed by atoms with Crippen LogP contribution in [0.3, 0.4) is 0 Å². The highest BCUT2D eigenvalue weighted by Gasteiger charge is 2.42. The molecule has 2 aliphatic rings. The second-order valence-electron chi connectivity index (χ2n) is 6.48. The summed E-state index contributed by atoms with van der Waals surface area (Å²) < 4.78 is 1.93. The second-order valence-corrected chi connectivity index (χ2v) is 6.48. The van der Waals surface area contributed by atoms with Crippen LogP contribution in [0.2, 0.25) is 0 Å². The number of nitrogens with one attached hydrogen (secondary N) is 1. The Hall–Kier alpha value is -1.16. The van der Waals surface area contributed by atoms with Gasteiger partial charge in [0.05, 0.1) is 5.69 Å². The summed E-state index contributed by atoms with van der Waals surface area (Å²) in [5.41, 5.74) is 3.35. The van der Waals surface area contributed by atoms with Crippen molar-refractivity contribution in [3.63, 3.8) is 0 Å². The number of nitrogens with zero attached hydrogens (tertiary/aromatic N) is 2. The lowest BCUT2D eigenvalue weighted by molar-refractivity contribution is 0.0821. The third kappa shape index (κ3) is 2.02. The van der Waals surface area contributed by atoms with Crippen LogP contribution in [-0.4, -0.2) is 28.7 Å². The molecule has 1 saturated heterocycles. The molecule has 0 aromatic carbocycles. The molecule has 104 valence electrons. The molecule has 4 nitrogen and oxygen atoms in total. The molecule has 0 unspecified atom stereocenters. The number of rotatable bonds is 1. The first-order valence-electron chi connectivity index (χ1n) is 7.34. The molecule has 0 bridgehead atoms. The molecule has 1 fully saturated rings. The van der Waals surface area contributed by atoms with Gasteiger partial charge in [0, 0.05) is 18.0 Å². The maximum Gasteiger partial charge on any atom is 0.181 e. The SMILES string of the molecule is Cc1nn(C(C)C)c2c1CC1(CCNCC1)CC2=O. The van der Waals surface area contributed by atoms with Crippen LogP contribution in [-0.2, 0) is 6.42 Å². The maximum absolute atomic E-state index is 12.6.